The van der Waals surface area contributed by atoms with Gasteiger partial charge in [0.2, 0.25) is 0 Å². The Hall–Kier alpha value is -0.370. The number of rotatable bonds is 9. The molecule has 0 amide bonds. The van der Waals surface area contributed by atoms with E-state index in [1.54, 1.807) is 0 Å². The highest BCUT2D eigenvalue weighted by Gasteiger charge is 1.88. The van der Waals surface area contributed by atoms with Gasteiger partial charge in [0.25, 0.3) is 0 Å². The van der Waals surface area contributed by atoms with E-state index in [-0.39, 0.29) is 0 Å². The highest BCUT2D eigenvalue weighted by Crippen LogP contribution is 1.93. The van der Waals surface area contributed by atoms with Crippen molar-refractivity contribution < 1.29 is 4.79 Å². The normalized spacial score (nSPS) is 10.1. The SMILES string of the molecule is CCCCCNCCCC[C]=O. The highest BCUT2D eigenvalue weighted by atomic mass is 16.1. The van der Waals surface area contributed by atoms with Crippen LogP contribution in [0.15, 0.2) is 0 Å². The van der Waals surface area contributed by atoms with Gasteiger partial charge in [0.05, 0.1) is 0 Å². The summed E-state index contributed by atoms with van der Waals surface area (Å²) in [6, 6.07) is 0. The van der Waals surface area contributed by atoms with E-state index in [1.165, 1.54) is 19.3 Å². The van der Waals surface area contributed by atoms with Gasteiger partial charge in [-0.1, -0.05) is 19.8 Å². The van der Waals surface area contributed by atoms with E-state index in [1.807, 2.05) is 6.29 Å². The third-order valence-electron chi connectivity index (χ3n) is 1.84. The van der Waals surface area contributed by atoms with E-state index < -0.39 is 0 Å². The molecule has 0 spiro atoms. The van der Waals surface area contributed by atoms with Crippen LogP contribution in [0.4, 0.5) is 0 Å². The number of nitrogens with one attached hydrogen (secondary N) is 1. The lowest BCUT2D eigenvalue weighted by atomic mass is 10.2. The zero-order valence-electron chi connectivity index (χ0n) is 8.07. The van der Waals surface area contributed by atoms with Crippen LogP contribution >= 0.6 is 0 Å². The Balaban J connectivity index is 2.77. The van der Waals surface area contributed by atoms with E-state index in [2.05, 4.69) is 12.2 Å². The minimum absolute atomic E-state index is 0.594. The summed E-state index contributed by atoms with van der Waals surface area (Å²) in [5.74, 6) is 0. The Kier molecular flexibility index (Phi) is 10.3. The van der Waals surface area contributed by atoms with Crippen molar-refractivity contribution in [3.8, 4) is 0 Å². The van der Waals surface area contributed by atoms with Gasteiger partial charge < -0.3 is 5.32 Å². The van der Waals surface area contributed by atoms with Crippen LogP contribution in [0, 0.1) is 0 Å². The molecule has 0 rings (SSSR count). The molecule has 71 valence electrons. The molecule has 0 aliphatic rings. The van der Waals surface area contributed by atoms with Crippen LogP contribution in [0.1, 0.15) is 45.4 Å². The van der Waals surface area contributed by atoms with Crippen molar-refractivity contribution in [3.63, 3.8) is 0 Å². The van der Waals surface area contributed by atoms with Crippen LogP contribution < -0.4 is 5.32 Å². The van der Waals surface area contributed by atoms with Crippen molar-refractivity contribution in [1.82, 2.24) is 5.32 Å². The minimum Gasteiger partial charge on any atom is -0.317 e. The van der Waals surface area contributed by atoms with Crippen LogP contribution in [-0.2, 0) is 4.79 Å². The van der Waals surface area contributed by atoms with Gasteiger partial charge in [-0.25, -0.2) is 0 Å². The van der Waals surface area contributed by atoms with Crippen molar-refractivity contribution in [2.45, 2.75) is 45.4 Å². The monoisotopic (exact) mass is 170 g/mol. The molecule has 0 fully saturated rings. The smallest absolute Gasteiger partial charge is 0.198 e. The molecule has 0 aromatic rings. The van der Waals surface area contributed by atoms with Gasteiger partial charge in [-0.3, -0.25) is 4.79 Å². The quantitative estimate of drug-likeness (QED) is 0.536. The molecule has 1 N–H and O–H groups in total. The standard InChI is InChI=1S/C10H20NO/c1-2-3-5-8-11-9-6-4-7-10-12/h11H,2-9H2,1H3. The summed E-state index contributed by atoms with van der Waals surface area (Å²) in [4.78, 5) is 9.83. The number of hydrogen-bond acceptors (Lipinski definition) is 2. The van der Waals surface area contributed by atoms with E-state index >= 15 is 0 Å². The molecule has 2 heteroatoms. The summed E-state index contributed by atoms with van der Waals surface area (Å²) in [5.41, 5.74) is 0. The fourth-order valence-electron chi connectivity index (χ4n) is 1.07. The zero-order valence-corrected chi connectivity index (χ0v) is 8.07. The van der Waals surface area contributed by atoms with Gasteiger partial charge in [0.1, 0.15) is 0 Å². The van der Waals surface area contributed by atoms with Crippen LogP contribution in [-0.4, -0.2) is 19.4 Å². The zero-order chi connectivity index (χ0) is 9.07. The average molecular weight is 170 g/mol. The summed E-state index contributed by atoms with van der Waals surface area (Å²) in [7, 11) is 0. The average Bonchev–Trinajstić information content (AvgIpc) is 2.10. The lowest BCUT2D eigenvalue weighted by molar-refractivity contribution is 0.541. The molecule has 0 aliphatic carbocycles. The molecule has 2 nitrogen and oxygen atoms in total. The first kappa shape index (κ1) is 11.6. The Morgan fingerprint density at radius 1 is 1.08 bits per heavy atom. The second-order valence-electron chi connectivity index (χ2n) is 3.06. The van der Waals surface area contributed by atoms with Gasteiger partial charge in [-0.05, 0) is 32.4 Å². The van der Waals surface area contributed by atoms with Gasteiger partial charge >= 0.3 is 0 Å². The second kappa shape index (κ2) is 10.6. The molecular weight excluding hydrogens is 150 g/mol. The number of carbonyl (C=O) groups excluding carboxylic acids is 1. The molecule has 0 aromatic carbocycles. The molecule has 0 saturated heterocycles. The lowest BCUT2D eigenvalue weighted by Crippen LogP contribution is -2.16. The molecule has 12 heavy (non-hydrogen) atoms. The van der Waals surface area contributed by atoms with Crippen LogP contribution in [0.3, 0.4) is 0 Å². The Labute approximate surface area is 75.7 Å². The van der Waals surface area contributed by atoms with Crippen molar-refractivity contribution in [2.75, 3.05) is 13.1 Å². The predicted octanol–water partition coefficient (Wildman–Crippen LogP) is 2.05. The topological polar surface area (TPSA) is 29.1 Å². The van der Waals surface area contributed by atoms with Gasteiger partial charge in [0, 0.05) is 6.42 Å². The van der Waals surface area contributed by atoms with Gasteiger partial charge in [-0.15, -0.1) is 0 Å². The lowest BCUT2D eigenvalue weighted by Gasteiger charge is -2.01. The molecule has 0 bridgehead atoms. The summed E-state index contributed by atoms with van der Waals surface area (Å²) < 4.78 is 0. The van der Waals surface area contributed by atoms with Crippen LogP contribution in [0.2, 0.25) is 0 Å². The van der Waals surface area contributed by atoms with Crippen molar-refractivity contribution >= 4 is 6.29 Å². The summed E-state index contributed by atoms with van der Waals surface area (Å²) in [5, 5.41) is 3.35. The molecule has 0 unspecified atom stereocenters. The summed E-state index contributed by atoms with van der Waals surface area (Å²) in [6.45, 7) is 4.38. The fraction of sp³-hybridized carbons (Fsp3) is 0.900. The molecule has 0 atom stereocenters. The third kappa shape index (κ3) is 9.63. The first-order valence-corrected chi connectivity index (χ1v) is 4.97. The summed E-state index contributed by atoms with van der Waals surface area (Å²) >= 11 is 0. The van der Waals surface area contributed by atoms with Crippen molar-refractivity contribution in [1.29, 1.82) is 0 Å². The maximum absolute atomic E-state index is 9.83. The molecule has 0 heterocycles. The molecular formula is C10H20NO. The van der Waals surface area contributed by atoms with Crippen molar-refractivity contribution in [3.05, 3.63) is 0 Å². The first-order valence-electron chi connectivity index (χ1n) is 4.97. The van der Waals surface area contributed by atoms with Gasteiger partial charge in [-0.2, -0.15) is 0 Å². The molecule has 0 aliphatic heterocycles. The fourth-order valence-corrected chi connectivity index (χ4v) is 1.07. The highest BCUT2D eigenvalue weighted by molar-refractivity contribution is 5.50. The van der Waals surface area contributed by atoms with E-state index in [0.717, 1.165) is 25.9 Å². The maximum Gasteiger partial charge on any atom is 0.198 e. The van der Waals surface area contributed by atoms with E-state index in [9.17, 15) is 4.79 Å². The van der Waals surface area contributed by atoms with Crippen molar-refractivity contribution in [2.24, 2.45) is 0 Å². The van der Waals surface area contributed by atoms with Crippen LogP contribution in [0.5, 0.6) is 0 Å². The number of unbranched alkanes of at least 4 members (excludes halogenated alkanes) is 4. The Morgan fingerprint density at radius 3 is 2.33 bits per heavy atom. The summed E-state index contributed by atoms with van der Waals surface area (Å²) in [6.07, 6.45) is 8.44. The maximum atomic E-state index is 9.83. The predicted molar refractivity (Wildman–Crippen MR) is 51.9 cm³/mol. The number of hydrogen-bond donors (Lipinski definition) is 1. The van der Waals surface area contributed by atoms with E-state index in [4.69, 9.17) is 0 Å². The largest absolute Gasteiger partial charge is 0.317 e. The van der Waals surface area contributed by atoms with E-state index in [0.29, 0.717) is 6.42 Å². The Bertz CT molecular complexity index is 93.8. The Morgan fingerprint density at radius 2 is 1.75 bits per heavy atom. The van der Waals surface area contributed by atoms with Gasteiger partial charge in [0.15, 0.2) is 6.29 Å². The first-order chi connectivity index (χ1) is 5.91. The molecule has 0 saturated carbocycles. The van der Waals surface area contributed by atoms with Crippen LogP contribution in [0.25, 0.3) is 0 Å². The molecule has 0 aromatic heterocycles. The second-order valence-corrected chi connectivity index (χ2v) is 3.06. The minimum atomic E-state index is 0.594. The molecule has 1 radical (unpaired) electrons. The third-order valence-corrected chi connectivity index (χ3v) is 1.84.